The molecule has 14 heavy (non-hydrogen) atoms. The van der Waals surface area contributed by atoms with Gasteiger partial charge in [0.2, 0.25) is 0 Å². The van der Waals surface area contributed by atoms with E-state index in [-0.39, 0.29) is 11.9 Å². The van der Waals surface area contributed by atoms with Crippen molar-refractivity contribution in [3.63, 3.8) is 0 Å². The molecule has 0 radical (unpaired) electrons. The Balaban J connectivity index is 2.88. The van der Waals surface area contributed by atoms with E-state index < -0.39 is 6.04 Å². The van der Waals surface area contributed by atoms with Gasteiger partial charge in [0.15, 0.2) is 0 Å². The van der Waals surface area contributed by atoms with E-state index in [4.69, 9.17) is 10.5 Å². The molecular formula is C10H15FN2O. The van der Waals surface area contributed by atoms with E-state index in [0.29, 0.717) is 5.56 Å². The zero-order valence-electron chi connectivity index (χ0n) is 8.40. The number of rotatable bonds is 4. The first-order chi connectivity index (χ1) is 6.70. The Labute approximate surface area is 83.1 Å². The average molecular weight is 198 g/mol. The summed E-state index contributed by atoms with van der Waals surface area (Å²) in [7, 11) is 1.58. The fraction of sp³-hybridized carbons (Fsp3) is 0.500. The smallest absolute Gasteiger partial charge is 0.146 e. The maximum atomic E-state index is 13.3. The van der Waals surface area contributed by atoms with Crippen molar-refractivity contribution in [1.29, 1.82) is 0 Å². The lowest BCUT2D eigenvalue weighted by molar-refractivity contribution is 0.0761. The Hall–Kier alpha value is -1.00. The highest BCUT2D eigenvalue weighted by atomic mass is 19.1. The number of methoxy groups -OCH3 is 1. The third kappa shape index (κ3) is 2.27. The molecule has 1 rings (SSSR count). The molecule has 0 amide bonds. The lowest BCUT2D eigenvalue weighted by atomic mass is 10.0. The van der Waals surface area contributed by atoms with Crippen molar-refractivity contribution in [3.05, 3.63) is 29.8 Å². The zero-order valence-corrected chi connectivity index (χ0v) is 8.40. The normalized spacial score (nSPS) is 15.1. The summed E-state index contributed by atoms with van der Waals surface area (Å²) in [4.78, 5) is 3.67. The van der Waals surface area contributed by atoms with Crippen molar-refractivity contribution < 1.29 is 9.13 Å². The molecule has 0 aromatic carbocycles. The minimum Gasteiger partial charge on any atom is -0.379 e. The summed E-state index contributed by atoms with van der Waals surface area (Å²) in [6.45, 7) is 1.95. The van der Waals surface area contributed by atoms with Crippen LogP contribution in [-0.4, -0.2) is 18.2 Å². The predicted octanol–water partition coefficient (Wildman–Crippen LogP) is 1.65. The molecule has 4 heteroatoms. The maximum Gasteiger partial charge on any atom is 0.146 e. The Morgan fingerprint density at radius 1 is 1.64 bits per heavy atom. The number of nitrogens with zero attached hydrogens (tertiary/aromatic N) is 1. The van der Waals surface area contributed by atoms with E-state index in [1.165, 1.54) is 6.20 Å². The van der Waals surface area contributed by atoms with Crippen LogP contribution >= 0.6 is 0 Å². The standard InChI is InChI=1S/C10H15FN2O/c1-3-9(14-2)10(12)7-4-5-13-6-8(7)11/h4-6,9-10H,3,12H2,1-2H3. The molecule has 0 spiro atoms. The van der Waals surface area contributed by atoms with Gasteiger partial charge in [0, 0.05) is 18.9 Å². The van der Waals surface area contributed by atoms with Gasteiger partial charge in [-0.05, 0) is 12.5 Å². The highest BCUT2D eigenvalue weighted by Crippen LogP contribution is 2.20. The second kappa shape index (κ2) is 5.02. The van der Waals surface area contributed by atoms with E-state index in [1.807, 2.05) is 6.92 Å². The van der Waals surface area contributed by atoms with Crippen LogP contribution < -0.4 is 5.73 Å². The van der Waals surface area contributed by atoms with Crippen molar-refractivity contribution in [2.24, 2.45) is 5.73 Å². The van der Waals surface area contributed by atoms with Crippen molar-refractivity contribution in [2.45, 2.75) is 25.5 Å². The summed E-state index contributed by atoms with van der Waals surface area (Å²) < 4.78 is 18.4. The van der Waals surface area contributed by atoms with Crippen LogP contribution in [0.2, 0.25) is 0 Å². The molecule has 2 unspecified atom stereocenters. The summed E-state index contributed by atoms with van der Waals surface area (Å²) in [5, 5.41) is 0. The van der Waals surface area contributed by atoms with Gasteiger partial charge in [-0.1, -0.05) is 6.92 Å². The summed E-state index contributed by atoms with van der Waals surface area (Å²) in [5.41, 5.74) is 6.32. The van der Waals surface area contributed by atoms with Gasteiger partial charge in [0.05, 0.1) is 18.3 Å². The van der Waals surface area contributed by atoms with E-state index >= 15 is 0 Å². The first-order valence-corrected chi connectivity index (χ1v) is 4.58. The lowest BCUT2D eigenvalue weighted by Crippen LogP contribution is -2.28. The number of hydrogen-bond donors (Lipinski definition) is 1. The monoisotopic (exact) mass is 198 g/mol. The maximum absolute atomic E-state index is 13.3. The van der Waals surface area contributed by atoms with Gasteiger partial charge < -0.3 is 10.5 Å². The van der Waals surface area contributed by atoms with Crippen LogP contribution in [0.15, 0.2) is 18.5 Å². The molecule has 1 heterocycles. The minimum absolute atomic E-state index is 0.160. The highest BCUT2D eigenvalue weighted by molar-refractivity contribution is 5.18. The van der Waals surface area contributed by atoms with Crippen LogP contribution in [0.25, 0.3) is 0 Å². The Morgan fingerprint density at radius 2 is 2.36 bits per heavy atom. The van der Waals surface area contributed by atoms with Gasteiger partial charge in [0.1, 0.15) is 5.82 Å². The van der Waals surface area contributed by atoms with Gasteiger partial charge in [-0.25, -0.2) is 4.39 Å². The topological polar surface area (TPSA) is 48.1 Å². The Morgan fingerprint density at radius 3 is 2.86 bits per heavy atom. The molecule has 0 saturated carbocycles. The van der Waals surface area contributed by atoms with Crippen molar-refractivity contribution in [3.8, 4) is 0 Å². The fourth-order valence-corrected chi connectivity index (χ4v) is 1.42. The Kier molecular flexibility index (Phi) is 3.98. The molecule has 2 N–H and O–H groups in total. The highest BCUT2D eigenvalue weighted by Gasteiger charge is 2.19. The first kappa shape index (κ1) is 11.1. The van der Waals surface area contributed by atoms with Gasteiger partial charge in [-0.15, -0.1) is 0 Å². The number of aromatic nitrogens is 1. The number of ether oxygens (including phenoxy) is 1. The number of halogens is 1. The molecule has 78 valence electrons. The molecule has 1 aromatic rings. The van der Waals surface area contributed by atoms with Crippen molar-refractivity contribution in [1.82, 2.24) is 4.98 Å². The third-order valence-electron chi connectivity index (χ3n) is 2.27. The summed E-state index contributed by atoms with van der Waals surface area (Å²) >= 11 is 0. The van der Waals surface area contributed by atoms with Crippen LogP contribution in [-0.2, 0) is 4.74 Å². The zero-order chi connectivity index (χ0) is 10.6. The largest absolute Gasteiger partial charge is 0.379 e. The average Bonchev–Trinajstić information content (AvgIpc) is 2.20. The summed E-state index contributed by atoms with van der Waals surface area (Å²) in [5.74, 6) is -0.379. The molecule has 0 aliphatic heterocycles. The van der Waals surface area contributed by atoms with Gasteiger partial charge in [-0.3, -0.25) is 4.98 Å². The molecule has 0 aliphatic carbocycles. The van der Waals surface area contributed by atoms with E-state index in [9.17, 15) is 4.39 Å². The molecular weight excluding hydrogens is 183 g/mol. The van der Waals surface area contributed by atoms with Crippen molar-refractivity contribution in [2.75, 3.05) is 7.11 Å². The molecule has 0 aliphatic rings. The number of hydrogen-bond acceptors (Lipinski definition) is 3. The van der Waals surface area contributed by atoms with Gasteiger partial charge >= 0.3 is 0 Å². The third-order valence-corrected chi connectivity index (χ3v) is 2.27. The Bertz CT molecular complexity index is 289. The number of nitrogens with two attached hydrogens (primary N) is 1. The van der Waals surface area contributed by atoms with Crippen LogP contribution in [0.4, 0.5) is 4.39 Å². The first-order valence-electron chi connectivity index (χ1n) is 4.58. The number of pyridine rings is 1. The molecule has 3 nitrogen and oxygen atoms in total. The molecule has 1 aromatic heterocycles. The predicted molar refractivity (Wildman–Crippen MR) is 52.2 cm³/mol. The molecule has 0 saturated heterocycles. The van der Waals surface area contributed by atoms with E-state index in [1.54, 1.807) is 13.2 Å². The summed E-state index contributed by atoms with van der Waals surface area (Å²) in [6.07, 6.45) is 3.28. The fourth-order valence-electron chi connectivity index (χ4n) is 1.42. The molecule has 2 atom stereocenters. The lowest BCUT2D eigenvalue weighted by Gasteiger charge is -2.21. The summed E-state index contributed by atoms with van der Waals surface area (Å²) in [6, 6.07) is 1.15. The minimum atomic E-state index is -0.437. The quantitative estimate of drug-likeness (QED) is 0.800. The van der Waals surface area contributed by atoms with Crippen LogP contribution in [0.3, 0.4) is 0 Å². The van der Waals surface area contributed by atoms with Crippen LogP contribution in [0, 0.1) is 5.82 Å². The molecule has 0 fully saturated rings. The second-order valence-corrected chi connectivity index (χ2v) is 3.11. The van der Waals surface area contributed by atoms with E-state index in [2.05, 4.69) is 4.98 Å². The molecule has 0 bridgehead atoms. The SMILES string of the molecule is CCC(OC)C(N)c1ccncc1F. The van der Waals surface area contributed by atoms with Crippen LogP contribution in [0.5, 0.6) is 0 Å². The van der Waals surface area contributed by atoms with Crippen molar-refractivity contribution >= 4 is 0 Å². The van der Waals surface area contributed by atoms with Gasteiger partial charge in [0.25, 0.3) is 0 Å². The van der Waals surface area contributed by atoms with Crippen LogP contribution in [0.1, 0.15) is 24.9 Å². The van der Waals surface area contributed by atoms with Gasteiger partial charge in [-0.2, -0.15) is 0 Å². The van der Waals surface area contributed by atoms with E-state index in [0.717, 1.165) is 12.6 Å². The second-order valence-electron chi connectivity index (χ2n) is 3.11.